The molecule has 1 heterocycles. The Hall–Kier alpha value is -0.570. The zero-order valence-electron chi connectivity index (χ0n) is 12.9. The summed E-state index contributed by atoms with van der Waals surface area (Å²) in [4.78, 5) is 14.5. The van der Waals surface area contributed by atoms with Gasteiger partial charge in [0.1, 0.15) is 0 Å². The minimum atomic E-state index is 0.0106. The second kappa shape index (κ2) is 6.55. The molecule has 106 valence electrons. The first-order valence-electron chi connectivity index (χ1n) is 7.41. The Balaban J connectivity index is 2.63. The number of amides is 1. The lowest BCUT2D eigenvalue weighted by Crippen LogP contribution is -2.42. The Morgan fingerprint density at radius 1 is 1.11 bits per heavy atom. The maximum absolute atomic E-state index is 12.4. The fourth-order valence-electron chi connectivity index (χ4n) is 2.61. The van der Waals surface area contributed by atoms with Gasteiger partial charge in [-0.2, -0.15) is 0 Å². The Morgan fingerprint density at radius 3 is 2.17 bits per heavy atom. The second-order valence-electron chi connectivity index (χ2n) is 6.64. The molecule has 2 atom stereocenters. The molecule has 2 unspecified atom stereocenters. The molecule has 1 rings (SSSR count). The molecule has 0 aliphatic carbocycles. The average Bonchev–Trinajstić information content (AvgIpc) is 2.56. The van der Waals surface area contributed by atoms with E-state index >= 15 is 0 Å². The monoisotopic (exact) mass is 254 g/mol. The SMILES string of the molecule is CC(C)CCCN1C(=O)C(C(C)C)NC1C(C)C. The van der Waals surface area contributed by atoms with Crippen LogP contribution < -0.4 is 5.32 Å². The molecule has 0 bridgehead atoms. The minimum Gasteiger partial charge on any atom is -0.326 e. The molecule has 3 heteroatoms. The third-order valence-corrected chi connectivity index (χ3v) is 3.71. The lowest BCUT2D eigenvalue weighted by molar-refractivity contribution is -0.131. The summed E-state index contributed by atoms with van der Waals surface area (Å²) in [5.41, 5.74) is 0. The van der Waals surface area contributed by atoms with E-state index in [-0.39, 0.29) is 12.2 Å². The van der Waals surface area contributed by atoms with Crippen LogP contribution in [0.3, 0.4) is 0 Å². The van der Waals surface area contributed by atoms with Crippen molar-refractivity contribution in [3.05, 3.63) is 0 Å². The van der Waals surface area contributed by atoms with Gasteiger partial charge in [0.05, 0.1) is 12.2 Å². The van der Waals surface area contributed by atoms with E-state index in [1.807, 2.05) is 0 Å². The van der Waals surface area contributed by atoms with Crippen LogP contribution in [0.25, 0.3) is 0 Å². The largest absolute Gasteiger partial charge is 0.326 e. The summed E-state index contributed by atoms with van der Waals surface area (Å²) in [6.45, 7) is 14.0. The molecular weight excluding hydrogens is 224 g/mol. The van der Waals surface area contributed by atoms with Gasteiger partial charge in [-0.25, -0.2) is 0 Å². The van der Waals surface area contributed by atoms with Crippen molar-refractivity contribution in [1.82, 2.24) is 10.2 Å². The number of carbonyl (C=O) groups is 1. The fraction of sp³-hybridized carbons (Fsp3) is 0.933. The summed E-state index contributed by atoms with van der Waals surface area (Å²) in [6.07, 6.45) is 2.53. The van der Waals surface area contributed by atoms with E-state index in [1.54, 1.807) is 0 Å². The first-order chi connectivity index (χ1) is 8.34. The quantitative estimate of drug-likeness (QED) is 0.790. The van der Waals surface area contributed by atoms with Crippen LogP contribution in [-0.2, 0) is 4.79 Å². The van der Waals surface area contributed by atoms with Gasteiger partial charge < -0.3 is 4.90 Å². The molecule has 0 saturated carbocycles. The summed E-state index contributed by atoms with van der Waals surface area (Å²) in [5.74, 6) is 1.85. The predicted octanol–water partition coefficient (Wildman–Crippen LogP) is 2.86. The lowest BCUT2D eigenvalue weighted by atomic mass is 10.0. The maximum atomic E-state index is 12.4. The van der Waals surface area contributed by atoms with E-state index in [9.17, 15) is 4.79 Å². The van der Waals surface area contributed by atoms with Gasteiger partial charge in [0, 0.05) is 6.54 Å². The van der Waals surface area contributed by atoms with E-state index in [0.717, 1.165) is 13.0 Å². The van der Waals surface area contributed by atoms with Gasteiger partial charge in [-0.05, 0) is 30.6 Å². The van der Waals surface area contributed by atoms with Gasteiger partial charge in [0.2, 0.25) is 5.91 Å². The van der Waals surface area contributed by atoms with Crippen molar-refractivity contribution in [3.63, 3.8) is 0 Å². The van der Waals surface area contributed by atoms with Crippen molar-refractivity contribution in [2.45, 2.75) is 66.6 Å². The molecule has 1 amide bonds. The first kappa shape index (κ1) is 15.5. The van der Waals surface area contributed by atoms with Gasteiger partial charge >= 0.3 is 0 Å². The van der Waals surface area contributed by atoms with Crippen LogP contribution in [0.5, 0.6) is 0 Å². The fourth-order valence-corrected chi connectivity index (χ4v) is 2.61. The smallest absolute Gasteiger partial charge is 0.241 e. The molecular formula is C15H30N2O. The summed E-state index contributed by atoms with van der Waals surface area (Å²) < 4.78 is 0. The van der Waals surface area contributed by atoms with Gasteiger partial charge in [0.25, 0.3) is 0 Å². The maximum Gasteiger partial charge on any atom is 0.241 e. The third-order valence-electron chi connectivity index (χ3n) is 3.71. The Labute approximate surface area is 112 Å². The Kier molecular flexibility index (Phi) is 5.64. The summed E-state index contributed by atoms with van der Waals surface area (Å²) in [7, 11) is 0. The summed E-state index contributed by atoms with van der Waals surface area (Å²) in [5, 5.41) is 3.50. The minimum absolute atomic E-state index is 0.0106. The van der Waals surface area contributed by atoms with Crippen LogP contribution in [0.1, 0.15) is 54.4 Å². The van der Waals surface area contributed by atoms with E-state index < -0.39 is 0 Å². The van der Waals surface area contributed by atoms with Gasteiger partial charge in [0.15, 0.2) is 0 Å². The average molecular weight is 254 g/mol. The number of rotatable bonds is 6. The standard InChI is InChI=1S/C15H30N2O/c1-10(2)8-7-9-17-14(12(5)6)16-13(11(3)4)15(17)18/h10-14,16H,7-9H2,1-6H3. The highest BCUT2D eigenvalue weighted by molar-refractivity contribution is 5.84. The number of carbonyl (C=O) groups excluding carboxylic acids is 1. The van der Waals surface area contributed by atoms with Crippen LogP contribution in [0, 0.1) is 17.8 Å². The van der Waals surface area contributed by atoms with Gasteiger partial charge in [-0.1, -0.05) is 41.5 Å². The van der Waals surface area contributed by atoms with Crippen LogP contribution in [0.2, 0.25) is 0 Å². The molecule has 0 aromatic heterocycles. The number of hydrogen-bond donors (Lipinski definition) is 1. The van der Waals surface area contributed by atoms with Crippen molar-refractivity contribution in [2.75, 3.05) is 6.54 Å². The molecule has 3 nitrogen and oxygen atoms in total. The predicted molar refractivity (Wildman–Crippen MR) is 76.2 cm³/mol. The Morgan fingerprint density at radius 2 is 1.72 bits per heavy atom. The molecule has 1 fully saturated rings. The van der Waals surface area contributed by atoms with Crippen molar-refractivity contribution in [2.24, 2.45) is 17.8 Å². The molecule has 1 N–H and O–H groups in total. The van der Waals surface area contributed by atoms with Crippen LogP contribution in [-0.4, -0.2) is 29.6 Å². The van der Waals surface area contributed by atoms with E-state index in [2.05, 4.69) is 51.8 Å². The van der Waals surface area contributed by atoms with Crippen molar-refractivity contribution >= 4 is 5.91 Å². The molecule has 0 radical (unpaired) electrons. The molecule has 0 aromatic carbocycles. The lowest BCUT2D eigenvalue weighted by Gasteiger charge is -2.27. The normalized spacial score (nSPS) is 24.9. The summed E-state index contributed by atoms with van der Waals surface area (Å²) >= 11 is 0. The number of nitrogens with one attached hydrogen (secondary N) is 1. The van der Waals surface area contributed by atoms with Crippen molar-refractivity contribution in [1.29, 1.82) is 0 Å². The highest BCUT2D eigenvalue weighted by Crippen LogP contribution is 2.22. The highest BCUT2D eigenvalue weighted by Gasteiger charge is 2.40. The molecule has 1 aliphatic rings. The summed E-state index contributed by atoms with van der Waals surface area (Å²) in [6, 6.07) is 0.0106. The molecule has 18 heavy (non-hydrogen) atoms. The molecule has 0 spiro atoms. The molecule has 1 saturated heterocycles. The molecule has 0 aromatic rings. The highest BCUT2D eigenvalue weighted by atomic mass is 16.2. The molecule has 1 aliphatic heterocycles. The van der Waals surface area contributed by atoms with E-state index in [0.29, 0.717) is 23.7 Å². The van der Waals surface area contributed by atoms with Crippen molar-refractivity contribution < 1.29 is 4.79 Å². The first-order valence-corrected chi connectivity index (χ1v) is 7.41. The third kappa shape index (κ3) is 3.71. The van der Waals surface area contributed by atoms with Crippen LogP contribution in [0.4, 0.5) is 0 Å². The van der Waals surface area contributed by atoms with E-state index in [4.69, 9.17) is 0 Å². The van der Waals surface area contributed by atoms with Gasteiger partial charge in [-0.15, -0.1) is 0 Å². The van der Waals surface area contributed by atoms with Crippen LogP contribution >= 0.6 is 0 Å². The van der Waals surface area contributed by atoms with Crippen molar-refractivity contribution in [3.8, 4) is 0 Å². The zero-order valence-corrected chi connectivity index (χ0v) is 12.9. The van der Waals surface area contributed by atoms with Crippen LogP contribution in [0.15, 0.2) is 0 Å². The second-order valence-corrected chi connectivity index (χ2v) is 6.64. The number of hydrogen-bond acceptors (Lipinski definition) is 2. The van der Waals surface area contributed by atoms with Gasteiger partial charge in [-0.3, -0.25) is 10.1 Å². The topological polar surface area (TPSA) is 32.3 Å². The van der Waals surface area contributed by atoms with E-state index in [1.165, 1.54) is 6.42 Å². The number of nitrogens with zero attached hydrogens (tertiary/aromatic N) is 1. The zero-order chi connectivity index (χ0) is 13.9. The Bertz CT molecular complexity index is 274.